The van der Waals surface area contributed by atoms with Gasteiger partial charge in [-0.05, 0) is 74.5 Å². The summed E-state index contributed by atoms with van der Waals surface area (Å²) in [5, 5.41) is 6.70. The number of fused-ring (bicyclic) bond motifs is 1. The number of benzene rings is 2. The van der Waals surface area contributed by atoms with Crippen LogP contribution in [0, 0.1) is 11.7 Å². The highest BCUT2D eigenvalue weighted by Gasteiger charge is 2.15. The minimum Gasteiger partial charge on any atom is -0.491 e. The Labute approximate surface area is 177 Å². The Kier molecular flexibility index (Phi) is 7.19. The van der Waals surface area contributed by atoms with E-state index < -0.39 is 0 Å². The smallest absolute Gasteiger partial charge is 0.295 e. The molecule has 5 nitrogen and oxygen atoms in total. The zero-order chi connectivity index (χ0) is 20.6. The van der Waals surface area contributed by atoms with Gasteiger partial charge in [0.15, 0.2) is 17.1 Å². The Bertz CT molecular complexity index is 937. The number of rotatable bonds is 11. The van der Waals surface area contributed by atoms with Crippen LogP contribution in [0.2, 0.25) is 0 Å². The monoisotopic (exact) mass is 411 g/mol. The summed E-state index contributed by atoms with van der Waals surface area (Å²) in [6.45, 7) is 3.61. The first-order valence-electron chi connectivity index (χ1n) is 11.0. The highest BCUT2D eigenvalue weighted by molar-refractivity contribution is 5.75. The van der Waals surface area contributed by atoms with Crippen molar-refractivity contribution in [2.45, 2.75) is 38.5 Å². The second kappa shape index (κ2) is 10.4. The van der Waals surface area contributed by atoms with E-state index in [1.165, 1.54) is 18.1 Å². The molecule has 1 aliphatic heterocycles. The number of unbranched alkanes of at least 4 members (excludes halogenated alkanes) is 3. The van der Waals surface area contributed by atoms with Gasteiger partial charge in [0.2, 0.25) is 0 Å². The first-order valence-corrected chi connectivity index (χ1v) is 11.0. The third kappa shape index (κ3) is 5.72. The van der Waals surface area contributed by atoms with Crippen molar-refractivity contribution in [2.24, 2.45) is 5.92 Å². The topological polar surface area (TPSA) is 59.3 Å². The lowest BCUT2D eigenvalue weighted by Gasteiger charge is -2.07. The van der Waals surface area contributed by atoms with E-state index in [2.05, 4.69) is 27.8 Å². The van der Waals surface area contributed by atoms with Gasteiger partial charge in [0.05, 0.1) is 6.61 Å². The van der Waals surface area contributed by atoms with Gasteiger partial charge in [-0.25, -0.2) is 4.39 Å². The zero-order valence-electron chi connectivity index (χ0n) is 17.3. The van der Waals surface area contributed by atoms with Gasteiger partial charge in [-0.3, -0.25) is 0 Å². The molecule has 2 N–H and O–H groups in total. The largest absolute Gasteiger partial charge is 0.491 e. The molecule has 2 heterocycles. The molecule has 6 heteroatoms. The van der Waals surface area contributed by atoms with Crippen LogP contribution in [-0.4, -0.2) is 31.2 Å². The summed E-state index contributed by atoms with van der Waals surface area (Å²) in [5.41, 5.74) is 3.02. The summed E-state index contributed by atoms with van der Waals surface area (Å²) in [7, 11) is 0. The third-order valence-corrected chi connectivity index (χ3v) is 5.61. The fourth-order valence-corrected chi connectivity index (χ4v) is 3.85. The van der Waals surface area contributed by atoms with Crippen molar-refractivity contribution in [1.29, 1.82) is 0 Å². The lowest BCUT2D eigenvalue weighted by molar-refractivity contribution is 0.290. The maximum Gasteiger partial charge on any atom is 0.295 e. The highest BCUT2D eigenvalue weighted by atomic mass is 19.1. The number of oxazole rings is 1. The number of hydrogen-bond donors (Lipinski definition) is 2. The fraction of sp³-hybridized carbons (Fsp3) is 0.458. The molecule has 4 rings (SSSR count). The molecule has 1 atom stereocenters. The molecule has 30 heavy (non-hydrogen) atoms. The number of halogens is 1. The van der Waals surface area contributed by atoms with Crippen LogP contribution in [0.1, 0.15) is 37.7 Å². The maximum atomic E-state index is 13.5. The van der Waals surface area contributed by atoms with Gasteiger partial charge >= 0.3 is 0 Å². The van der Waals surface area contributed by atoms with Crippen LogP contribution in [0.3, 0.4) is 0 Å². The molecule has 0 radical (unpaired) electrons. The van der Waals surface area contributed by atoms with Crippen molar-refractivity contribution in [3.63, 3.8) is 0 Å². The average Bonchev–Trinajstić information content (AvgIpc) is 3.42. The molecule has 0 saturated carbocycles. The van der Waals surface area contributed by atoms with Crippen LogP contribution in [0.4, 0.5) is 10.4 Å². The van der Waals surface area contributed by atoms with Gasteiger partial charge in [-0.1, -0.05) is 31.0 Å². The van der Waals surface area contributed by atoms with Gasteiger partial charge in [0.25, 0.3) is 6.01 Å². The van der Waals surface area contributed by atoms with E-state index in [4.69, 9.17) is 9.15 Å². The van der Waals surface area contributed by atoms with E-state index >= 15 is 0 Å². The number of nitrogens with zero attached hydrogens (tertiary/aromatic N) is 1. The summed E-state index contributed by atoms with van der Waals surface area (Å²) >= 11 is 0. The van der Waals surface area contributed by atoms with E-state index in [9.17, 15) is 4.39 Å². The van der Waals surface area contributed by atoms with E-state index in [0.29, 0.717) is 24.3 Å². The van der Waals surface area contributed by atoms with Gasteiger partial charge in [0.1, 0.15) is 5.52 Å². The SMILES string of the molecule is Fc1ccccc1OCCCCCCc1ccc2nc(NC[C@H]3CCNC3)oc2c1. The van der Waals surface area contributed by atoms with Crippen LogP contribution in [0.5, 0.6) is 5.75 Å². The Morgan fingerprint density at radius 1 is 1.13 bits per heavy atom. The molecule has 3 aromatic rings. The standard InChI is InChI=1S/C24H30FN3O2/c25-20-8-4-5-9-22(20)29-14-6-2-1-3-7-18-10-11-21-23(15-18)30-24(28-21)27-17-19-12-13-26-16-19/h4-5,8-11,15,19,26H,1-3,6-7,12-14,16-17H2,(H,27,28)/t19-/m0/s1. The lowest BCUT2D eigenvalue weighted by Crippen LogP contribution is -2.17. The molecular formula is C24H30FN3O2. The summed E-state index contributed by atoms with van der Waals surface area (Å²) < 4.78 is 24.9. The van der Waals surface area contributed by atoms with Gasteiger partial charge in [0, 0.05) is 6.54 Å². The van der Waals surface area contributed by atoms with Crippen molar-refractivity contribution in [1.82, 2.24) is 10.3 Å². The van der Waals surface area contributed by atoms with Crippen molar-refractivity contribution < 1.29 is 13.5 Å². The molecular weight excluding hydrogens is 381 g/mol. The van der Waals surface area contributed by atoms with Crippen molar-refractivity contribution in [3.8, 4) is 5.75 Å². The Hall–Kier alpha value is -2.60. The predicted octanol–water partition coefficient (Wildman–Crippen LogP) is 5.17. The summed E-state index contributed by atoms with van der Waals surface area (Å²) in [6, 6.07) is 13.4. The third-order valence-electron chi connectivity index (χ3n) is 5.61. The highest BCUT2D eigenvalue weighted by Crippen LogP contribution is 2.22. The number of hydrogen-bond acceptors (Lipinski definition) is 5. The Morgan fingerprint density at radius 2 is 2.03 bits per heavy atom. The maximum absolute atomic E-state index is 13.5. The second-order valence-corrected chi connectivity index (χ2v) is 8.00. The number of aryl methyl sites for hydroxylation is 1. The van der Waals surface area contributed by atoms with E-state index in [1.807, 2.05) is 6.07 Å². The van der Waals surface area contributed by atoms with E-state index in [-0.39, 0.29) is 5.82 Å². The Balaban J connectivity index is 1.15. The van der Waals surface area contributed by atoms with Crippen LogP contribution >= 0.6 is 0 Å². The minimum absolute atomic E-state index is 0.297. The minimum atomic E-state index is -0.297. The van der Waals surface area contributed by atoms with Crippen molar-refractivity contribution >= 4 is 17.1 Å². The molecule has 0 spiro atoms. The predicted molar refractivity (Wildman–Crippen MR) is 118 cm³/mol. The number of ether oxygens (including phenoxy) is 1. The number of anilines is 1. The summed E-state index contributed by atoms with van der Waals surface area (Å²) in [5.74, 6) is 0.688. The van der Waals surface area contributed by atoms with Crippen molar-refractivity contribution in [2.75, 3.05) is 31.6 Å². The molecule has 0 aliphatic carbocycles. The molecule has 1 aromatic heterocycles. The molecule has 1 fully saturated rings. The van der Waals surface area contributed by atoms with Crippen LogP contribution in [-0.2, 0) is 6.42 Å². The van der Waals surface area contributed by atoms with Crippen LogP contribution in [0.25, 0.3) is 11.1 Å². The molecule has 2 aromatic carbocycles. The second-order valence-electron chi connectivity index (χ2n) is 8.00. The van der Waals surface area contributed by atoms with E-state index in [0.717, 1.165) is 62.8 Å². The van der Waals surface area contributed by atoms with Gasteiger partial charge < -0.3 is 19.8 Å². The van der Waals surface area contributed by atoms with E-state index in [1.54, 1.807) is 18.2 Å². The van der Waals surface area contributed by atoms with Gasteiger partial charge in [-0.15, -0.1) is 0 Å². The number of para-hydroxylation sites is 1. The molecule has 1 saturated heterocycles. The Morgan fingerprint density at radius 3 is 2.90 bits per heavy atom. The molecule has 160 valence electrons. The number of aromatic nitrogens is 1. The molecule has 1 aliphatic rings. The van der Waals surface area contributed by atoms with Gasteiger partial charge in [-0.2, -0.15) is 4.98 Å². The van der Waals surface area contributed by atoms with Crippen LogP contribution in [0.15, 0.2) is 46.9 Å². The summed E-state index contributed by atoms with van der Waals surface area (Å²) in [6.07, 6.45) is 6.45. The molecule has 0 unspecified atom stereocenters. The first kappa shape index (κ1) is 20.7. The van der Waals surface area contributed by atoms with Crippen molar-refractivity contribution in [3.05, 3.63) is 53.8 Å². The first-order chi connectivity index (χ1) is 14.8. The summed E-state index contributed by atoms with van der Waals surface area (Å²) in [4.78, 5) is 4.54. The number of nitrogens with one attached hydrogen (secondary N) is 2. The fourth-order valence-electron chi connectivity index (χ4n) is 3.85. The average molecular weight is 412 g/mol. The normalized spacial score (nSPS) is 16.2. The molecule has 0 bridgehead atoms. The zero-order valence-corrected chi connectivity index (χ0v) is 17.3. The van der Waals surface area contributed by atoms with Crippen LogP contribution < -0.4 is 15.4 Å². The quantitative estimate of drug-likeness (QED) is 0.426. The molecule has 0 amide bonds. The lowest BCUT2D eigenvalue weighted by atomic mass is 10.1.